The number of imidazole rings is 1. The molecule has 3 N–H and O–H groups in total. The summed E-state index contributed by atoms with van der Waals surface area (Å²) in [5.74, 6) is -0.594. The van der Waals surface area contributed by atoms with Crippen LogP contribution in [0.2, 0.25) is 0 Å². The van der Waals surface area contributed by atoms with E-state index in [1.54, 1.807) is 13.8 Å². The van der Waals surface area contributed by atoms with E-state index < -0.39 is 40.7 Å². The zero-order chi connectivity index (χ0) is 31.1. The van der Waals surface area contributed by atoms with E-state index in [2.05, 4.69) is 34.1 Å². The summed E-state index contributed by atoms with van der Waals surface area (Å²) in [6.45, 7) is 15.0. The van der Waals surface area contributed by atoms with E-state index in [0.29, 0.717) is 11.1 Å². The van der Waals surface area contributed by atoms with Gasteiger partial charge in [-0.3, -0.25) is 28.6 Å². The molecule has 0 saturated carbocycles. The number of amides is 1. The molecule has 0 bridgehead atoms. The number of fused-ring (bicyclic) bond motifs is 1. The Kier molecular flexibility index (Phi) is 9.26. The van der Waals surface area contributed by atoms with Crippen molar-refractivity contribution in [2.45, 2.75) is 103 Å². The molecular weight excluding hydrogens is 562 g/mol. The number of benzene rings is 1. The molecule has 1 unspecified atom stereocenters. The molecule has 0 radical (unpaired) electrons. The molecular formula is C29H41N5O7S. The number of rotatable bonds is 10. The van der Waals surface area contributed by atoms with Gasteiger partial charge in [-0.1, -0.05) is 67.5 Å². The normalized spacial score (nSPS) is 19.6. The summed E-state index contributed by atoms with van der Waals surface area (Å²) in [6.07, 6.45) is -1.38. The number of aliphatic hydroxyl groups excluding tert-OH is 1. The summed E-state index contributed by atoms with van der Waals surface area (Å²) in [7, 11) is -4.21. The van der Waals surface area contributed by atoms with Crippen molar-refractivity contribution in [1.29, 1.82) is 0 Å². The van der Waals surface area contributed by atoms with Crippen molar-refractivity contribution in [3.05, 3.63) is 45.5 Å². The second kappa shape index (κ2) is 12.2. The van der Waals surface area contributed by atoms with Gasteiger partial charge in [0.25, 0.3) is 15.7 Å². The molecule has 12 nitrogen and oxygen atoms in total. The number of hydrogen-bond acceptors (Lipinski definition) is 9. The lowest BCUT2D eigenvalue weighted by molar-refractivity contribution is -0.118. The first-order chi connectivity index (χ1) is 19.6. The van der Waals surface area contributed by atoms with Crippen LogP contribution in [0.5, 0.6) is 0 Å². The second-order valence-electron chi connectivity index (χ2n) is 12.0. The lowest BCUT2D eigenvalue weighted by Crippen LogP contribution is -2.28. The van der Waals surface area contributed by atoms with Crippen LogP contribution in [0.15, 0.2) is 28.2 Å². The van der Waals surface area contributed by atoms with Crippen LogP contribution in [0.4, 0.5) is 5.95 Å². The van der Waals surface area contributed by atoms with Crippen LogP contribution < -0.4 is 10.9 Å². The number of carbonyl (C=O) groups is 1. The number of nitrogens with one attached hydrogen (secondary N) is 2. The fraction of sp³-hybridized carbons (Fsp3) is 0.586. The standard InChI is InChI=1S/C29H41N5O7S/c1-14(2)18-9-19(15(3)4)25(20(10-18)16(5)6)42(38,39)40-12-22-21(35)11-23(41-22)34-13-30-24-26(34)31-29(33-28(24)37)32-27(36)17(7)8/h9-10,13-17,21-23,35H,11-12H2,1-8H3,(H2,31,32,33,36,37)/t21?,22-,23-/m1/s1. The summed E-state index contributed by atoms with van der Waals surface area (Å²) in [6, 6.07) is 3.87. The number of aromatic amines is 1. The lowest BCUT2D eigenvalue weighted by atomic mass is 9.89. The smallest absolute Gasteiger partial charge is 0.297 e. The minimum absolute atomic E-state index is 0.0326. The number of anilines is 1. The van der Waals surface area contributed by atoms with Gasteiger partial charge >= 0.3 is 0 Å². The molecule has 3 atom stereocenters. The van der Waals surface area contributed by atoms with Crippen molar-refractivity contribution in [2.24, 2.45) is 5.92 Å². The molecule has 42 heavy (non-hydrogen) atoms. The number of hydrogen-bond donors (Lipinski definition) is 3. The number of ether oxygens (including phenoxy) is 1. The van der Waals surface area contributed by atoms with Crippen molar-refractivity contribution in [1.82, 2.24) is 19.5 Å². The van der Waals surface area contributed by atoms with E-state index in [4.69, 9.17) is 8.92 Å². The van der Waals surface area contributed by atoms with Crippen molar-refractivity contribution in [2.75, 3.05) is 11.9 Å². The van der Waals surface area contributed by atoms with Crippen LogP contribution >= 0.6 is 0 Å². The van der Waals surface area contributed by atoms with Crippen molar-refractivity contribution in [3.8, 4) is 0 Å². The molecule has 0 aliphatic carbocycles. The van der Waals surface area contributed by atoms with Gasteiger partial charge < -0.3 is 9.84 Å². The maximum Gasteiger partial charge on any atom is 0.297 e. The predicted molar refractivity (Wildman–Crippen MR) is 158 cm³/mol. The molecule has 1 fully saturated rings. The highest BCUT2D eigenvalue weighted by molar-refractivity contribution is 7.86. The zero-order valence-electron chi connectivity index (χ0n) is 25.3. The van der Waals surface area contributed by atoms with Gasteiger partial charge in [0.1, 0.15) is 17.2 Å². The monoisotopic (exact) mass is 603 g/mol. The zero-order valence-corrected chi connectivity index (χ0v) is 26.2. The first kappa shape index (κ1) is 31.8. The Morgan fingerprint density at radius 1 is 1.12 bits per heavy atom. The summed E-state index contributed by atoms with van der Waals surface area (Å²) < 4.78 is 40.4. The molecule has 1 amide bonds. The van der Waals surface area contributed by atoms with E-state index in [1.165, 1.54) is 10.9 Å². The van der Waals surface area contributed by atoms with Crippen molar-refractivity contribution >= 4 is 33.1 Å². The van der Waals surface area contributed by atoms with Gasteiger partial charge in [-0.25, -0.2) is 4.98 Å². The molecule has 4 rings (SSSR count). The molecule has 1 aliphatic heterocycles. The first-order valence-electron chi connectivity index (χ1n) is 14.3. The minimum atomic E-state index is -4.21. The minimum Gasteiger partial charge on any atom is -0.390 e. The average molecular weight is 604 g/mol. The van der Waals surface area contributed by atoms with Crippen LogP contribution in [0.25, 0.3) is 11.2 Å². The molecule has 3 aromatic rings. The van der Waals surface area contributed by atoms with Gasteiger partial charge in [0.05, 0.1) is 19.0 Å². The second-order valence-corrected chi connectivity index (χ2v) is 13.6. The number of carbonyl (C=O) groups excluding carboxylic acids is 1. The fourth-order valence-electron chi connectivity index (χ4n) is 4.89. The molecule has 1 aliphatic rings. The number of nitrogens with zero attached hydrogens (tertiary/aromatic N) is 3. The molecule has 1 aromatic carbocycles. The Morgan fingerprint density at radius 2 is 1.74 bits per heavy atom. The van der Waals surface area contributed by atoms with Crippen molar-refractivity contribution < 1.29 is 27.2 Å². The number of aromatic nitrogens is 4. The molecule has 0 spiro atoms. The highest BCUT2D eigenvalue weighted by atomic mass is 32.2. The van der Waals surface area contributed by atoms with Gasteiger partial charge in [-0.15, -0.1) is 0 Å². The average Bonchev–Trinajstić information content (AvgIpc) is 3.49. The topological polar surface area (TPSA) is 165 Å². The Hall–Kier alpha value is -3.13. The molecule has 230 valence electrons. The highest BCUT2D eigenvalue weighted by Crippen LogP contribution is 2.37. The molecule has 1 saturated heterocycles. The maximum atomic E-state index is 13.7. The molecule has 2 aromatic heterocycles. The molecule has 3 heterocycles. The van der Waals surface area contributed by atoms with E-state index >= 15 is 0 Å². The first-order valence-corrected chi connectivity index (χ1v) is 15.7. The summed E-state index contributed by atoms with van der Waals surface area (Å²) in [5, 5.41) is 13.4. The summed E-state index contributed by atoms with van der Waals surface area (Å²) in [5.41, 5.74) is 2.08. The highest BCUT2D eigenvalue weighted by Gasteiger charge is 2.38. The van der Waals surface area contributed by atoms with Gasteiger partial charge in [0, 0.05) is 12.3 Å². The van der Waals surface area contributed by atoms with Gasteiger partial charge in [-0.2, -0.15) is 13.4 Å². The predicted octanol–water partition coefficient (Wildman–Crippen LogP) is 4.14. The largest absolute Gasteiger partial charge is 0.390 e. The Morgan fingerprint density at radius 3 is 2.29 bits per heavy atom. The van der Waals surface area contributed by atoms with Crippen LogP contribution in [0.3, 0.4) is 0 Å². The van der Waals surface area contributed by atoms with Gasteiger partial charge in [0.2, 0.25) is 11.9 Å². The van der Waals surface area contributed by atoms with Crippen LogP contribution in [-0.4, -0.2) is 57.8 Å². The van der Waals surface area contributed by atoms with Gasteiger partial charge in [0.15, 0.2) is 11.2 Å². The Bertz CT molecular complexity index is 1600. The Balaban J connectivity index is 1.58. The summed E-state index contributed by atoms with van der Waals surface area (Å²) >= 11 is 0. The van der Waals surface area contributed by atoms with Crippen molar-refractivity contribution in [3.63, 3.8) is 0 Å². The van der Waals surface area contributed by atoms with Gasteiger partial charge in [-0.05, 0) is 34.4 Å². The SMILES string of the molecule is CC(C)C(=O)Nc1nc2c(ncn2[C@H]2CC(O)[C@@H](COS(=O)(=O)c3c(C(C)C)cc(C(C)C)cc3C(C)C)O2)c(=O)[nH]1. The third-order valence-corrected chi connectivity index (χ3v) is 8.85. The van der Waals surface area contributed by atoms with E-state index in [-0.39, 0.29) is 58.0 Å². The molecule has 13 heteroatoms. The van der Waals surface area contributed by atoms with Crippen LogP contribution in [-0.2, 0) is 23.8 Å². The number of H-pyrrole nitrogens is 1. The number of aliphatic hydroxyl groups is 1. The van der Waals surface area contributed by atoms with E-state index in [1.807, 2.05) is 39.8 Å². The van der Waals surface area contributed by atoms with E-state index in [9.17, 15) is 23.1 Å². The maximum absolute atomic E-state index is 13.7. The third-order valence-electron chi connectivity index (χ3n) is 7.43. The fourth-order valence-corrected chi connectivity index (χ4v) is 6.48. The Labute approximate surface area is 246 Å². The quantitative estimate of drug-likeness (QED) is 0.289. The van der Waals surface area contributed by atoms with E-state index in [0.717, 1.165) is 5.56 Å². The lowest BCUT2D eigenvalue weighted by Gasteiger charge is -2.23. The summed E-state index contributed by atoms with van der Waals surface area (Å²) in [4.78, 5) is 35.8. The van der Waals surface area contributed by atoms with Crippen LogP contribution in [0.1, 0.15) is 102 Å². The van der Waals surface area contributed by atoms with Crippen LogP contribution in [0, 0.1) is 5.92 Å². The third kappa shape index (κ3) is 6.43.